The van der Waals surface area contributed by atoms with Gasteiger partial charge in [0.1, 0.15) is 0 Å². The molecule has 0 N–H and O–H groups in total. The second-order valence-electron chi connectivity index (χ2n) is 6.43. The Hall–Kier alpha value is -1.06. The monoisotopic (exact) mass is 296 g/mol. The van der Waals surface area contributed by atoms with E-state index in [1.807, 2.05) is 0 Å². The average Bonchev–Trinajstić information content (AvgIpc) is 3.08. The average molecular weight is 296 g/mol. The van der Waals surface area contributed by atoms with Gasteiger partial charge in [-0.15, -0.1) is 0 Å². The lowest BCUT2D eigenvalue weighted by atomic mass is 9.79. The van der Waals surface area contributed by atoms with Crippen LogP contribution in [0.25, 0.3) is 0 Å². The molecule has 4 unspecified atom stereocenters. The first-order chi connectivity index (χ1) is 10.2. The summed E-state index contributed by atoms with van der Waals surface area (Å²) in [5.41, 5.74) is 0. The maximum atomic E-state index is 12.3. The molecular formula is C17H28O4. The number of rotatable bonds is 8. The van der Waals surface area contributed by atoms with Gasteiger partial charge < -0.3 is 9.47 Å². The molecule has 0 aromatic rings. The van der Waals surface area contributed by atoms with Crippen LogP contribution in [0, 0.1) is 23.7 Å². The maximum absolute atomic E-state index is 12.3. The first-order valence-electron chi connectivity index (χ1n) is 8.52. The summed E-state index contributed by atoms with van der Waals surface area (Å²) >= 11 is 0. The zero-order chi connectivity index (χ0) is 15.2. The number of esters is 2. The molecular weight excluding hydrogens is 268 g/mol. The molecule has 0 radical (unpaired) electrons. The van der Waals surface area contributed by atoms with Crippen molar-refractivity contribution in [3.8, 4) is 0 Å². The van der Waals surface area contributed by atoms with Crippen molar-refractivity contribution in [2.45, 2.75) is 58.8 Å². The largest absolute Gasteiger partial charge is 0.465 e. The number of hydrogen-bond acceptors (Lipinski definition) is 4. The Kier molecular flexibility index (Phi) is 6.07. The van der Waals surface area contributed by atoms with Crippen LogP contribution in [0.3, 0.4) is 0 Å². The fourth-order valence-electron chi connectivity index (χ4n) is 3.80. The molecule has 2 rings (SSSR count). The third kappa shape index (κ3) is 3.78. The summed E-state index contributed by atoms with van der Waals surface area (Å²) in [5.74, 6) is -0.202. The highest BCUT2D eigenvalue weighted by Crippen LogP contribution is 2.53. The fraction of sp³-hybridized carbons (Fsp3) is 0.882. The van der Waals surface area contributed by atoms with Crippen molar-refractivity contribution < 1.29 is 19.1 Å². The number of hydrogen-bond donors (Lipinski definition) is 0. The molecule has 21 heavy (non-hydrogen) atoms. The van der Waals surface area contributed by atoms with E-state index in [0.29, 0.717) is 25.0 Å². The van der Waals surface area contributed by atoms with E-state index in [9.17, 15) is 9.59 Å². The van der Waals surface area contributed by atoms with E-state index in [1.165, 1.54) is 0 Å². The predicted octanol–water partition coefficient (Wildman–Crippen LogP) is 3.34. The first kappa shape index (κ1) is 16.3. The molecule has 4 atom stereocenters. The quantitative estimate of drug-likeness (QED) is 0.509. The fourth-order valence-corrected chi connectivity index (χ4v) is 3.80. The molecule has 2 fully saturated rings. The molecule has 0 saturated heterocycles. The van der Waals surface area contributed by atoms with E-state index in [-0.39, 0.29) is 23.8 Å². The number of carbonyl (C=O) groups excluding carboxylic acids is 2. The van der Waals surface area contributed by atoms with E-state index in [1.54, 1.807) is 0 Å². The van der Waals surface area contributed by atoms with Crippen LogP contribution in [-0.2, 0) is 19.1 Å². The Labute approximate surface area is 127 Å². The minimum absolute atomic E-state index is 0.173. The minimum atomic E-state index is -0.255. The van der Waals surface area contributed by atoms with Gasteiger partial charge in [-0.2, -0.15) is 0 Å². The van der Waals surface area contributed by atoms with Crippen LogP contribution in [0.5, 0.6) is 0 Å². The van der Waals surface area contributed by atoms with Crippen molar-refractivity contribution in [3.63, 3.8) is 0 Å². The van der Waals surface area contributed by atoms with Crippen LogP contribution in [0.2, 0.25) is 0 Å². The van der Waals surface area contributed by atoms with Crippen LogP contribution >= 0.6 is 0 Å². The Balaban J connectivity index is 1.93. The van der Waals surface area contributed by atoms with Crippen molar-refractivity contribution in [2.24, 2.45) is 23.7 Å². The molecule has 0 heterocycles. The summed E-state index contributed by atoms with van der Waals surface area (Å²) in [7, 11) is 0. The van der Waals surface area contributed by atoms with Gasteiger partial charge in [-0.1, -0.05) is 26.7 Å². The van der Waals surface area contributed by atoms with Crippen molar-refractivity contribution in [1.29, 1.82) is 0 Å². The van der Waals surface area contributed by atoms with Crippen LogP contribution in [0.15, 0.2) is 0 Å². The van der Waals surface area contributed by atoms with Crippen molar-refractivity contribution >= 4 is 11.9 Å². The van der Waals surface area contributed by atoms with Gasteiger partial charge in [0, 0.05) is 0 Å². The second kappa shape index (κ2) is 7.81. The SMILES string of the molecule is CCCCOC(=O)C1C2CCC(C2)C1C(=O)OCCCC. The van der Waals surface area contributed by atoms with Crippen LogP contribution in [-0.4, -0.2) is 25.2 Å². The van der Waals surface area contributed by atoms with E-state index in [2.05, 4.69) is 13.8 Å². The standard InChI is InChI=1S/C17H28O4/c1-3-5-9-20-16(18)14-12-7-8-13(11-12)15(14)17(19)21-10-6-4-2/h12-15H,3-11H2,1-2H3. The van der Waals surface area contributed by atoms with E-state index in [4.69, 9.17) is 9.47 Å². The highest BCUT2D eigenvalue weighted by molar-refractivity contribution is 5.83. The molecule has 2 bridgehead atoms. The Bertz CT molecular complexity index is 332. The number of unbranched alkanes of at least 4 members (excludes halogenated alkanes) is 2. The third-order valence-electron chi connectivity index (χ3n) is 4.95. The number of carbonyl (C=O) groups is 2. The first-order valence-corrected chi connectivity index (χ1v) is 8.52. The molecule has 2 aliphatic rings. The second-order valence-corrected chi connectivity index (χ2v) is 6.43. The van der Waals surface area contributed by atoms with Gasteiger partial charge in [-0.05, 0) is 43.9 Å². The topological polar surface area (TPSA) is 52.6 Å². The Morgan fingerprint density at radius 3 is 1.67 bits per heavy atom. The predicted molar refractivity (Wildman–Crippen MR) is 79.5 cm³/mol. The summed E-state index contributed by atoms with van der Waals surface area (Å²) in [6, 6.07) is 0. The molecule has 0 spiro atoms. The third-order valence-corrected chi connectivity index (χ3v) is 4.95. The summed E-state index contributed by atoms with van der Waals surface area (Å²) in [5, 5.41) is 0. The summed E-state index contributed by atoms with van der Waals surface area (Å²) in [4.78, 5) is 24.6. The number of ether oxygens (including phenoxy) is 2. The lowest BCUT2D eigenvalue weighted by Crippen LogP contribution is -2.37. The maximum Gasteiger partial charge on any atom is 0.310 e. The molecule has 4 heteroatoms. The molecule has 120 valence electrons. The lowest BCUT2D eigenvalue weighted by Gasteiger charge is -2.27. The smallest absolute Gasteiger partial charge is 0.310 e. The van der Waals surface area contributed by atoms with Crippen LogP contribution < -0.4 is 0 Å². The van der Waals surface area contributed by atoms with Crippen molar-refractivity contribution in [1.82, 2.24) is 0 Å². The Morgan fingerprint density at radius 1 is 0.857 bits per heavy atom. The number of fused-ring (bicyclic) bond motifs is 2. The molecule has 2 saturated carbocycles. The van der Waals surface area contributed by atoms with Gasteiger partial charge in [0.2, 0.25) is 0 Å². The van der Waals surface area contributed by atoms with Gasteiger partial charge in [-0.3, -0.25) is 9.59 Å². The summed E-state index contributed by atoms with van der Waals surface area (Å²) < 4.78 is 10.8. The van der Waals surface area contributed by atoms with Gasteiger partial charge in [0.05, 0.1) is 25.0 Å². The zero-order valence-corrected chi connectivity index (χ0v) is 13.3. The lowest BCUT2D eigenvalue weighted by molar-refractivity contribution is -0.163. The highest BCUT2D eigenvalue weighted by atomic mass is 16.5. The van der Waals surface area contributed by atoms with Gasteiger partial charge in [-0.25, -0.2) is 0 Å². The van der Waals surface area contributed by atoms with E-state index < -0.39 is 0 Å². The highest BCUT2D eigenvalue weighted by Gasteiger charge is 2.55. The van der Waals surface area contributed by atoms with Gasteiger partial charge in [0.25, 0.3) is 0 Å². The van der Waals surface area contributed by atoms with E-state index in [0.717, 1.165) is 44.9 Å². The molecule has 4 nitrogen and oxygen atoms in total. The minimum Gasteiger partial charge on any atom is -0.465 e. The molecule has 0 aromatic carbocycles. The zero-order valence-electron chi connectivity index (χ0n) is 13.3. The molecule has 2 aliphatic carbocycles. The van der Waals surface area contributed by atoms with E-state index >= 15 is 0 Å². The Morgan fingerprint density at radius 2 is 1.29 bits per heavy atom. The summed E-state index contributed by atoms with van der Waals surface area (Å²) in [6.45, 7) is 5.08. The molecule has 0 amide bonds. The van der Waals surface area contributed by atoms with Gasteiger partial charge in [0.15, 0.2) is 0 Å². The normalized spacial score (nSPS) is 30.4. The summed E-state index contributed by atoms with van der Waals surface area (Å²) in [6.07, 6.45) is 6.88. The van der Waals surface area contributed by atoms with Crippen LogP contribution in [0.1, 0.15) is 58.8 Å². The molecule has 0 aromatic heterocycles. The van der Waals surface area contributed by atoms with Crippen molar-refractivity contribution in [3.05, 3.63) is 0 Å². The van der Waals surface area contributed by atoms with Gasteiger partial charge >= 0.3 is 11.9 Å². The van der Waals surface area contributed by atoms with Crippen LogP contribution in [0.4, 0.5) is 0 Å². The van der Waals surface area contributed by atoms with Crippen molar-refractivity contribution in [2.75, 3.05) is 13.2 Å². The molecule has 0 aliphatic heterocycles.